The Morgan fingerprint density at radius 2 is 2.00 bits per heavy atom. The van der Waals surface area contributed by atoms with Crippen LogP contribution >= 0.6 is 22.7 Å². The fourth-order valence-electron chi connectivity index (χ4n) is 3.14. The van der Waals surface area contributed by atoms with Gasteiger partial charge in [-0.05, 0) is 63.2 Å². The van der Waals surface area contributed by atoms with Crippen LogP contribution in [-0.4, -0.2) is 30.3 Å². The Balaban J connectivity index is 1.80. The molecule has 2 aromatic rings. The first kappa shape index (κ1) is 17.6. The minimum Gasteiger partial charge on any atom is -0.460 e. The van der Waals surface area contributed by atoms with Crippen LogP contribution < -0.4 is 5.32 Å². The second kappa shape index (κ2) is 7.35. The number of aryl methyl sites for hydroxylation is 1. The fraction of sp³-hybridized carbons (Fsp3) is 0.500. The van der Waals surface area contributed by atoms with Gasteiger partial charge < -0.3 is 15.2 Å². The fourth-order valence-corrected chi connectivity index (χ4v) is 4.99. The number of carbonyl (C=O) groups excluding carboxylic acids is 1. The van der Waals surface area contributed by atoms with Gasteiger partial charge in [-0.2, -0.15) is 0 Å². The smallest absolute Gasteiger partial charge is 0.349 e. The molecule has 0 amide bonds. The van der Waals surface area contributed by atoms with E-state index in [-0.39, 0.29) is 6.10 Å². The van der Waals surface area contributed by atoms with Crippen LogP contribution in [0, 0.1) is 6.92 Å². The second-order valence-corrected chi connectivity index (χ2v) is 8.50. The van der Waals surface area contributed by atoms with Gasteiger partial charge in [0.25, 0.3) is 0 Å². The predicted octanol–water partition coefficient (Wildman–Crippen LogP) is 3.43. The lowest BCUT2D eigenvalue weighted by molar-refractivity contribution is -0.169. The second-order valence-electron chi connectivity index (χ2n) is 6.27. The molecule has 6 heteroatoms. The van der Waals surface area contributed by atoms with E-state index in [4.69, 9.17) is 4.74 Å². The van der Waals surface area contributed by atoms with Crippen molar-refractivity contribution in [2.45, 2.75) is 50.4 Å². The number of hydrogen-bond donors (Lipinski definition) is 2. The molecule has 2 heterocycles. The highest BCUT2D eigenvalue weighted by Gasteiger charge is 2.45. The van der Waals surface area contributed by atoms with Gasteiger partial charge in [-0.15, -0.1) is 22.7 Å². The van der Waals surface area contributed by atoms with Crippen molar-refractivity contribution in [1.29, 1.82) is 0 Å². The standard InChI is InChI=1S/C18H23NO3S2/c1-12-5-10-16(24-12)18(21,15-4-3-11-23-15)17(20)22-14-8-6-13(19-2)7-9-14/h3-5,10-11,13-14,19,21H,6-9H2,1-2H3/t13-,14-,18-/m0/s1. The highest BCUT2D eigenvalue weighted by molar-refractivity contribution is 7.13. The van der Waals surface area contributed by atoms with Crippen LogP contribution in [0.15, 0.2) is 29.6 Å². The first-order valence-electron chi connectivity index (χ1n) is 8.25. The summed E-state index contributed by atoms with van der Waals surface area (Å²) in [6, 6.07) is 7.87. The SMILES string of the molecule is CN[C@H]1CC[C@H](OC(=O)[C@](O)(c2cccs2)c2ccc(C)s2)CC1. The van der Waals surface area contributed by atoms with Crippen LogP contribution in [-0.2, 0) is 15.1 Å². The molecular formula is C18H23NO3S2. The zero-order valence-electron chi connectivity index (χ0n) is 14.0. The van der Waals surface area contributed by atoms with E-state index in [0.29, 0.717) is 15.8 Å². The molecule has 0 saturated heterocycles. The number of aliphatic hydroxyl groups is 1. The van der Waals surface area contributed by atoms with Crippen LogP contribution in [0.3, 0.4) is 0 Å². The molecule has 2 aromatic heterocycles. The van der Waals surface area contributed by atoms with Gasteiger partial charge in [0.05, 0.1) is 9.75 Å². The van der Waals surface area contributed by atoms with Gasteiger partial charge in [0, 0.05) is 10.9 Å². The summed E-state index contributed by atoms with van der Waals surface area (Å²) in [5.41, 5.74) is -1.70. The van der Waals surface area contributed by atoms with Gasteiger partial charge in [0.2, 0.25) is 5.60 Å². The lowest BCUT2D eigenvalue weighted by Crippen LogP contribution is -2.41. The minimum atomic E-state index is -1.70. The molecule has 1 saturated carbocycles. The maximum atomic E-state index is 12.9. The van der Waals surface area contributed by atoms with Crippen LogP contribution in [0.4, 0.5) is 0 Å². The maximum Gasteiger partial charge on any atom is 0.349 e. The minimum absolute atomic E-state index is 0.116. The van der Waals surface area contributed by atoms with E-state index in [2.05, 4.69) is 5.32 Å². The van der Waals surface area contributed by atoms with Crippen molar-refractivity contribution in [2.75, 3.05) is 7.05 Å². The average Bonchev–Trinajstić information content (AvgIpc) is 3.26. The quantitative estimate of drug-likeness (QED) is 0.797. The van der Waals surface area contributed by atoms with E-state index in [9.17, 15) is 9.90 Å². The third kappa shape index (κ3) is 3.42. The molecule has 1 atom stereocenters. The monoisotopic (exact) mass is 365 g/mol. The zero-order chi connectivity index (χ0) is 17.2. The van der Waals surface area contributed by atoms with Gasteiger partial charge in [-0.25, -0.2) is 4.79 Å². The zero-order valence-corrected chi connectivity index (χ0v) is 15.6. The summed E-state index contributed by atoms with van der Waals surface area (Å²) >= 11 is 2.81. The lowest BCUT2D eigenvalue weighted by atomic mass is 9.92. The number of thiophene rings is 2. The summed E-state index contributed by atoms with van der Waals surface area (Å²) in [7, 11) is 1.96. The first-order valence-corrected chi connectivity index (χ1v) is 9.95. The molecule has 0 unspecified atom stereocenters. The Morgan fingerprint density at radius 3 is 2.54 bits per heavy atom. The molecule has 24 heavy (non-hydrogen) atoms. The summed E-state index contributed by atoms with van der Waals surface area (Å²) in [5, 5.41) is 16.4. The lowest BCUT2D eigenvalue weighted by Gasteiger charge is -2.31. The maximum absolute atomic E-state index is 12.9. The Bertz CT molecular complexity index is 674. The van der Waals surface area contributed by atoms with Crippen molar-refractivity contribution in [3.63, 3.8) is 0 Å². The van der Waals surface area contributed by atoms with Crippen molar-refractivity contribution in [1.82, 2.24) is 5.32 Å². The molecule has 1 aliphatic rings. The summed E-state index contributed by atoms with van der Waals surface area (Å²) < 4.78 is 5.73. The molecular weight excluding hydrogens is 342 g/mol. The number of rotatable bonds is 5. The number of ether oxygens (including phenoxy) is 1. The Morgan fingerprint density at radius 1 is 1.25 bits per heavy atom. The summed E-state index contributed by atoms with van der Waals surface area (Å²) in [6.07, 6.45) is 3.53. The molecule has 1 aliphatic carbocycles. The largest absolute Gasteiger partial charge is 0.460 e. The molecule has 0 aliphatic heterocycles. The van der Waals surface area contributed by atoms with E-state index in [1.54, 1.807) is 6.07 Å². The molecule has 3 rings (SSSR count). The Labute approximate surface area is 150 Å². The molecule has 130 valence electrons. The van der Waals surface area contributed by atoms with Crippen LogP contribution in [0.5, 0.6) is 0 Å². The number of hydrogen-bond acceptors (Lipinski definition) is 6. The van der Waals surface area contributed by atoms with Gasteiger partial charge in [0.1, 0.15) is 6.10 Å². The highest BCUT2D eigenvalue weighted by Crippen LogP contribution is 2.38. The van der Waals surface area contributed by atoms with Crippen molar-refractivity contribution in [3.05, 3.63) is 44.3 Å². The summed E-state index contributed by atoms with van der Waals surface area (Å²) in [6.45, 7) is 1.97. The molecule has 0 radical (unpaired) electrons. The van der Waals surface area contributed by atoms with Crippen LogP contribution in [0.2, 0.25) is 0 Å². The van der Waals surface area contributed by atoms with Gasteiger partial charge in [-0.3, -0.25) is 0 Å². The van der Waals surface area contributed by atoms with Crippen LogP contribution in [0.1, 0.15) is 40.3 Å². The molecule has 0 spiro atoms. The van der Waals surface area contributed by atoms with E-state index >= 15 is 0 Å². The van der Waals surface area contributed by atoms with E-state index in [1.165, 1.54) is 22.7 Å². The molecule has 2 N–H and O–H groups in total. The predicted molar refractivity (Wildman–Crippen MR) is 97.6 cm³/mol. The molecule has 0 aromatic carbocycles. The summed E-state index contributed by atoms with van der Waals surface area (Å²) in [5.74, 6) is -0.556. The van der Waals surface area contributed by atoms with E-state index < -0.39 is 11.6 Å². The topological polar surface area (TPSA) is 58.6 Å². The van der Waals surface area contributed by atoms with Gasteiger partial charge in [-0.1, -0.05) is 6.07 Å². The Hall–Kier alpha value is -1.21. The molecule has 0 bridgehead atoms. The average molecular weight is 366 g/mol. The highest BCUT2D eigenvalue weighted by atomic mass is 32.1. The van der Waals surface area contributed by atoms with E-state index in [0.717, 1.165) is 30.6 Å². The first-order chi connectivity index (χ1) is 11.5. The van der Waals surface area contributed by atoms with Gasteiger partial charge in [0.15, 0.2) is 0 Å². The van der Waals surface area contributed by atoms with Crippen molar-refractivity contribution >= 4 is 28.6 Å². The third-order valence-corrected chi connectivity index (χ3v) is 6.71. The van der Waals surface area contributed by atoms with Crippen molar-refractivity contribution in [2.24, 2.45) is 0 Å². The third-order valence-electron chi connectivity index (χ3n) is 4.63. The normalized spacial score (nSPS) is 23.6. The van der Waals surface area contributed by atoms with Crippen molar-refractivity contribution in [3.8, 4) is 0 Å². The van der Waals surface area contributed by atoms with Gasteiger partial charge >= 0.3 is 5.97 Å². The number of esters is 1. The number of nitrogens with one attached hydrogen (secondary N) is 1. The van der Waals surface area contributed by atoms with E-state index in [1.807, 2.05) is 37.6 Å². The molecule has 4 nitrogen and oxygen atoms in total. The van der Waals surface area contributed by atoms with Crippen LogP contribution in [0.25, 0.3) is 0 Å². The van der Waals surface area contributed by atoms with Crippen molar-refractivity contribution < 1.29 is 14.6 Å². The summed E-state index contributed by atoms with van der Waals surface area (Å²) in [4.78, 5) is 15.2. The Kier molecular flexibility index (Phi) is 5.39. The molecule has 1 fully saturated rings. The number of carbonyl (C=O) groups is 1.